The molecule has 1 heterocycles. The predicted octanol–water partition coefficient (Wildman–Crippen LogP) is 6.04. The van der Waals surface area contributed by atoms with Gasteiger partial charge in [0.05, 0.1) is 19.2 Å². The second kappa shape index (κ2) is 11.0. The number of benzene rings is 3. The lowest BCUT2D eigenvalue weighted by Gasteiger charge is -2.36. The molecule has 1 amide bonds. The maximum atomic E-state index is 15.3. The van der Waals surface area contributed by atoms with Gasteiger partial charge < -0.3 is 15.4 Å². The van der Waals surface area contributed by atoms with Gasteiger partial charge in [0.25, 0.3) is 0 Å². The molecule has 2 atom stereocenters. The minimum atomic E-state index is -4.90. The molecular weight excluding hydrogens is 519 g/mol. The van der Waals surface area contributed by atoms with Gasteiger partial charge in [-0.15, -0.1) is 0 Å². The lowest BCUT2D eigenvalue weighted by atomic mass is 9.81. The summed E-state index contributed by atoms with van der Waals surface area (Å²) < 4.78 is 76.3. The van der Waals surface area contributed by atoms with Gasteiger partial charge in [0.1, 0.15) is 11.7 Å². The van der Waals surface area contributed by atoms with Crippen LogP contribution in [0.15, 0.2) is 72.4 Å². The number of Topliss-reactive ketones (excluding diaryl/α,β-unsaturated/α-hetero) is 1. The number of allylic oxidation sites excluding steroid dienone is 2. The van der Waals surface area contributed by atoms with E-state index in [1.807, 2.05) is 0 Å². The molecule has 2 N–H and O–H groups in total. The first-order valence-electron chi connectivity index (χ1n) is 12.0. The number of amides is 1. The number of ether oxygens (including phenoxy) is 1. The molecule has 3 aromatic carbocycles. The summed E-state index contributed by atoms with van der Waals surface area (Å²) >= 11 is 0. The number of hydrogen-bond donors (Lipinski definition) is 1. The summed E-state index contributed by atoms with van der Waals surface area (Å²) in [7, 11) is 1.24. The van der Waals surface area contributed by atoms with Crippen molar-refractivity contribution in [3.63, 3.8) is 0 Å². The van der Waals surface area contributed by atoms with E-state index in [4.69, 9.17) is 10.5 Å². The van der Waals surface area contributed by atoms with Crippen LogP contribution in [-0.4, -0.2) is 23.7 Å². The molecule has 4 rings (SSSR count). The van der Waals surface area contributed by atoms with Crippen LogP contribution in [0.4, 0.5) is 22.0 Å². The van der Waals surface area contributed by atoms with Crippen LogP contribution in [0, 0.1) is 17.6 Å². The van der Waals surface area contributed by atoms with Gasteiger partial charge in [0.2, 0.25) is 5.91 Å². The summed E-state index contributed by atoms with van der Waals surface area (Å²) in [5.74, 6) is -5.27. The Morgan fingerprint density at radius 3 is 2.28 bits per heavy atom. The summed E-state index contributed by atoms with van der Waals surface area (Å²) in [4.78, 5) is 28.3. The van der Waals surface area contributed by atoms with E-state index in [9.17, 15) is 27.2 Å². The maximum Gasteiger partial charge on any atom is 0.416 e. The van der Waals surface area contributed by atoms with Crippen LogP contribution in [0.5, 0.6) is 5.75 Å². The van der Waals surface area contributed by atoms with Crippen molar-refractivity contribution >= 4 is 17.3 Å². The molecule has 5 nitrogen and oxygen atoms in total. The highest BCUT2D eigenvalue weighted by molar-refractivity contribution is 6.30. The molecule has 39 heavy (non-hydrogen) atoms. The van der Waals surface area contributed by atoms with Crippen molar-refractivity contribution in [3.8, 4) is 5.75 Å². The summed E-state index contributed by atoms with van der Waals surface area (Å²) in [6.07, 6.45) is -5.11. The molecule has 0 saturated heterocycles. The van der Waals surface area contributed by atoms with Gasteiger partial charge in [-0.2, -0.15) is 13.2 Å². The molecular formula is C29H25F5N2O3. The molecule has 0 aliphatic carbocycles. The van der Waals surface area contributed by atoms with E-state index >= 15 is 4.39 Å². The van der Waals surface area contributed by atoms with Crippen LogP contribution < -0.4 is 10.5 Å². The Kier molecular flexibility index (Phi) is 7.87. The lowest BCUT2D eigenvalue weighted by molar-refractivity contribution is -0.143. The first-order valence-corrected chi connectivity index (χ1v) is 12.0. The van der Waals surface area contributed by atoms with Crippen LogP contribution >= 0.6 is 0 Å². The SMILES string of the molecule is COc1cccc(C2=C(C)N(Cc3c(F)cccc3C(F)(F)F)C(=O)C(CC(N)c3ccccc3)C2=O)c1F. The maximum absolute atomic E-state index is 15.3. The Morgan fingerprint density at radius 1 is 0.974 bits per heavy atom. The molecule has 0 saturated carbocycles. The highest BCUT2D eigenvalue weighted by Gasteiger charge is 2.43. The van der Waals surface area contributed by atoms with Crippen molar-refractivity contribution in [2.24, 2.45) is 11.7 Å². The third-order valence-electron chi connectivity index (χ3n) is 6.80. The van der Waals surface area contributed by atoms with E-state index in [0.717, 1.165) is 17.0 Å². The molecule has 0 aromatic heterocycles. The van der Waals surface area contributed by atoms with E-state index in [2.05, 4.69) is 0 Å². The van der Waals surface area contributed by atoms with Crippen LogP contribution in [0.1, 0.15) is 41.6 Å². The highest BCUT2D eigenvalue weighted by Crippen LogP contribution is 2.40. The lowest BCUT2D eigenvalue weighted by Crippen LogP contribution is -2.45. The van der Waals surface area contributed by atoms with Crippen LogP contribution in [0.25, 0.3) is 5.57 Å². The Morgan fingerprint density at radius 2 is 1.64 bits per heavy atom. The van der Waals surface area contributed by atoms with Gasteiger partial charge in [-0.05, 0) is 37.1 Å². The minimum Gasteiger partial charge on any atom is -0.494 e. The standard InChI is InChI=1S/C29H25F5N2O3/c1-16-25(18-10-6-13-24(39-2)26(18)31)27(37)19(14-23(35)17-8-4-3-5-9-17)28(38)36(16)15-20-21(29(32,33)34)11-7-12-22(20)30/h3-13,19,23H,14-15,35H2,1-2H3. The average Bonchev–Trinajstić information content (AvgIpc) is 2.90. The Bertz CT molecular complexity index is 1440. The van der Waals surface area contributed by atoms with Crippen molar-refractivity contribution in [2.75, 3.05) is 7.11 Å². The number of rotatable bonds is 7. The smallest absolute Gasteiger partial charge is 0.416 e. The summed E-state index contributed by atoms with van der Waals surface area (Å²) in [6.45, 7) is 0.483. The minimum absolute atomic E-state index is 0.113. The molecule has 0 fully saturated rings. The van der Waals surface area contributed by atoms with Crippen molar-refractivity contribution in [3.05, 3.63) is 106 Å². The zero-order valence-electron chi connectivity index (χ0n) is 21.1. The van der Waals surface area contributed by atoms with E-state index < -0.39 is 59.1 Å². The third-order valence-corrected chi connectivity index (χ3v) is 6.80. The average molecular weight is 545 g/mol. The number of nitrogens with two attached hydrogens (primary N) is 1. The van der Waals surface area contributed by atoms with Crippen molar-refractivity contribution in [1.82, 2.24) is 4.90 Å². The molecule has 3 aromatic rings. The van der Waals surface area contributed by atoms with Crippen molar-refractivity contribution in [2.45, 2.75) is 32.1 Å². The van der Waals surface area contributed by atoms with Crippen LogP contribution in [-0.2, 0) is 22.3 Å². The molecule has 0 radical (unpaired) electrons. The fourth-order valence-electron chi connectivity index (χ4n) is 4.78. The summed E-state index contributed by atoms with van der Waals surface area (Å²) in [5.41, 5.74) is 4.37. The number of carbonyl (C=O) groups is 2. The Balaban J connectivity index is 1.86. The summed E-state index contributed by atoms with van der Waals surface area (Å²) in [5, 5.41) is 0. The first-order chi connectivity index (χ1) is 18.5. The number of methoxy groups -OCH3 is 1. The van der Waals surface area contributed by atoms with Crippen LogP contribution in [0.3, 0.4) is 0 Å². The summed E-state index contributed by atoms with van der Waals surface area (Å²) in [6, 6.07) is 14.4. The molecule has 1 aliphatic heterocycles. The van der Waals surface area contributed by atoms with Crippen molar-refractivity contribution in [1.29, 1.82) is 0 Å². The number of alkyl halides is 3. The monoisotopic (exact) mass is 544 g/mol. The van der Waals surface area contributed by atoms with Crippen LogP contribution in [0.2, 0.25) is 0 Å². The van der Waals surface area contributed by atoms with Gasteiger partial charge >= 0.3 is 6.18 Å². The van der Waals surface area contributed by atoms with E-state index in [1.54, 1.807) is 30.3 Å². The second-order valence-corrected chi connectivity index (χ2v) is 9.14. The molecule has 1 aliphatic rings. The number of carbonyl (C=O) groups excluding carboxylic acids is 2. The largest absolute Gasteiger partial charge is 0.494 e. The number of hydrogen-bond acceptors (Lipinski definition) is 4. The number of halogens is 5. The molecule has 0 bridgehead atoms. The number of ketones is 1. The van der Waals surface area contributed by atoms with Gasteiger partial charge in [-0.25, -0.2) is 8.78 Å². The molecule has 10 heteroatoms. The fourth-order valence-corrected chi connectivity index (χ4v) is 4.78. The quantitative estimate of drug-likeness (QED) is 0.291. The molecule has 0 spiro atoms. The zero-order chi connectivity index (χ0) is 28.5. The van der Waals surface area contributed by atoms with Gasteiger partial charge in [-0.3, -0.25) is 9.59 Å². The van der Waals surface area contributed by atoms with E-state index in [0.29, 0.717) is 11.6 Å². The molecule has 2 unspecified atom stereocenters. The first kappa shape index (κ1) is 28.0. The zero-order valence-corrected chi connectivity index (χ0v) is 21.1. The van der Waals surface area contributed by atoms with Crippen molar-refractivity contribution < 1.29 is 36.3 Å². The third kappa shape index (κ3) is 5.42. The number of nitrogens with zero attached hydrogens (tertiary/aromatic N) is 1. The fraction of sp³-hybridized carbons (Fsp3) is 0.241. The normalized spacial score (nSPS) is 17.0. The van der Waals surface area contributed by atoms with Gasteiger partial charge in [-0.1, -0.05) is 48.5 Å². The Hall–Kier alpha value is -4.05. The highest BCUT2D eigenvalue weighted by atomic mass is 19.4. The Labute approximate surface area is 221 Å². The van der Waals surface area contributed by atoms with E-state index in [-0.39, 0.29) is 29.0 Å². The second-order valence-electron chi connectivity index (χ2n) is 9.14. The van der Waals surface area contributed by atoms with E-state index in [1.165, 1.54) is 32.2 Å². The topological polar surface area (TPSA) is 72.6 Å². The predicted molar refractivity (Wildman–Crippen MR) is 134 cm³/mol. The molecule has 204 valence electrons. The van der Waals surface area contributed by atoms with Gasteiger partial charge in [0, 0.05) is 28.4 Å². The van der Waals surface area contributed by atoms with Gasteiger partial charge in [0.15, 0.2) is 17.3 Å².